The molecule has 0 aromatic heterocycles. The van der Waals surface area contributed by atoms with Gasteiger partial charge in [-0.3, -0.25) is 9.10 Å². The average molecular weight is 524 g/mol. The van der Waals surface area contributed by atoms with Gasteiger partial charge in [0, 0.05) is 28.1 Å². The molecule has 0 unspecified atom stereocenters. The second kappa shape index (κ2) is 11.8. The largest absolute Gasteiger partial charge is 0.354 e. The van der Waals surface area contributed by atoms with Crippen LogP contribution < -0.4 is 9.62 Å². The zero-order valence-electron chi connectivity index (χ0n) is 18.0. The van der Waals surface area contributed by atoms with Crippen LogP contribution in [0.4, 0.5) is 5.69 Å². The summed E-state index contributed by atoms with van der Waals surface area (Å²) in [6.45, 7) is 1.95. The van der Waals surface area contributed by atoms with Crippen LogP contribution in [0, 0.1) is 6.92 Å². The van der Waals surface area contributed by atoms with Crippen LogP contribution in [-0.2, 0) is 20.6 Å². The minimum atomic E-state index is -3.91. The number of nitrogens with one attached hydrogen (secondary N) is 1. The Morgan fingerprint density at radius 2 is 1.58 bits per heavy atom. The first-order chi connectivity index (χ1) is 15.8. The van der Waals surface area contributed by atoms with E-state index in [2.05, 4.69) is 5.32 Å². The van der Waals surface area contributed by atoms with E-state index in [0.717, 1.165) is 15.4 Å². The minimum Gasteiger partial charge on any atom is -0.354 e. The fourth-order valence-electron chi connectivity index (χ4n) is 3.04. The molecule has 0 saturated heterocycles. The van der Waals surface area contributed by atoms with Crippen molar-refractivity contribution in [1.29, 1.82) is 0 Å². The van der Waals surface area contributed by atoms with Crippen molar-refractivity contribution >= 4 is 56.6 Å². The van der Waals surface area contributed by atoms with Crippen molar-refractivity contribution in [1.82, 2.24) is 5.32 Å². The Bertz CT molecular complexity index is 1170. The Balaban J connectivity index is 1.62. The normalized spacial score (nSPS) is 11.2. The Kier molecular flexibility index (Phi) is 9.09. The third-order valence-electron chi connectivity index (χ3n) is 4.82. The van der Waals surface area contributed by atoms with Crippen molar-refractivity contribution in [2.24, 2.45) is 0 Å². The van der Waals surface area contributed by atoms with Crippen LogP contribution in [-0.4, -0.2) is 33.2 Å². The molecule has 3 aromatic carbocycles. The molecular weight excluding hydrogens is 499 g/mol. The summed E-state index contributed by atoms with van der Waals surface area (Å²) in [5, 5.41) is 4.02. The van der Waals surface area contributed by atoms with Crippen molar-refractivity contribution in [2.45, 2.75) is 17.6 Å². The van der Waals surface area contributed by atoms with Crippen LogP contribution in [0.2, 0.25) is 10.0 Å². The summed E-state index contributed by atoms with van der Waals surface area (Å²) in [6.07, 6.45) is 0. The Labute approximate surface area is 209 Å². The molecule has 9 heteroatoms. The quantitative estimate of drug-likeness (QED) is 0.354. The standard InChI is InChI=1S/C24H24Cl2N2O3S2/c1-18-10-12-20(13-11-18)33(30,31)28(19-6-3-2-4-7-19)16-24(29)27-14-15-32-17-21-22(25)8-5-9-23(21)26/h2-13H,14-17H2,1H3,(H,27,29). The lowest BCUT2D eigenvalue weighted by Gasteiger charge is -2.24. The van der Waals surface area contributed by atoms with Crippen molar-refractivity contribution in [3.8, 4) is 0 Å². The molecule has 0 aliphatic rings. The number of aryl methyl sites for hydroxylation is 1. The number of thioether (sulfide) groups is 1. The summed E-state index contributed by atoms with van der Waals surface area (Å²) < 4.78 is 27.7. The van der Waals surface area contributed by atoms with Gasteiger partial charge in [-0.15, -0.1) is 0 Å². The highest BCUT2D eigenvalue weighted by Gasteiger charge is 2.27. The molecule has 33 heavy (non-hydrogen) atoms. The maximum Gasteiger partial charge on any atom is 0.264 e. The highest BCUT2D eigenvalue weighted by atomic mass is 35.5. The zero-order valence-corrected chi connectivity index (χ0v) is 21.1. The number of para-hydroxylation sites is 1. The molecule has 0 heterocycles. The van der Waals surface area contributed by atoms with Crippen LogP contribution in [0.1, 0.15) is 11.1 Å². The first-order valence-electron chi connectivity index (χ1n) is 10.2. The van der Waals surface area contributed by atoms with Gasteiger partial charge >= 0.3 is 0 Å². The molecular formula is C24H24Cl2N2O3S2. The van der Waals surface area contributed by atoms with Gasteiger partial charge < -0.3 is 5.32 Å². The van der Waals surface area contributed by atoms with Gasteiger partial charge in [0.1, 0.15) is 6.54 Å². The van der Waals surface area contributed by atoms with Gasteiger partial charge in [-0.25, -0.2) is 8.42 Å². The molecule has 0 aliphatic heterocycles. The summed E-state index contributed by atoms with van der Waals surface area (Å²) >= 11 is 13.9. The summed E-state index contributed by atoms with van der Waals surface area (Å²) in [4.78, 5) is 12.8. The molecule has 5 nitrogen and oxygen atoms in total. The Morgan fingerprint density at radius 3 is 2.21 bits per heavy atom. The fraction of sp³-hybridized carbons (Fsp3) is 0.208. The number of anilines is 1. The van der Waals surface area contributed by atoms with E-state index < -0.39 is 10.0 Å². The van der Waals surface area contributed by atoms with Crippen LogP contribution >= 0.6 is 35.0 Å². The number of carbonyl (C=O) groups excluding carboxylic acids is 1. The molecule has 0 saturated carbocycles. The van der Waals surface area contributed by atoms with Crippen LogP contribution in [0.25, 0.3) is 0 Å². The second-order valence-electron chi connectivity index (χ2n) is 7.26. The first-order valence-corrected chi connectivity index (χ1v) is 13.6. The van der Waals surface area contributed by atoms with E-state index in [1.54, 1.807) is 84.6 Å². The molecule has 0 bridgehead atoms. The predicted octanol–water partition coefficient (Wildman–Crippen LogP) is 5.55. The maximum atomic E-state index is 13.3. The fourth-order valence-corrected chi connectivity index (χ4v) is 6.06. The summed E-state index contributed by atoms with van der Waals surface area (Å²) in [5.74, 6) is 0.862. The number of rotatable bonds is 10. The molecule has 174 valence electrons. The number of amides is 1. The summed E-state index contributed by atoms with van der Waals surface area (Å²) in [6, 6.07) is 20.6. The number of hydrogen-bond acceptors (Lipinski definition) is 4. The first kappa shape index (κ1) is 25.4. The van der Waals surface area contributed by atoms with Crippen LogP contribution in [0.5, 0.6) is 0 Å². The number of nitrogens with zero attached hydrogens (tertiary/aromatic N) is 1. The van der Waals surface area contributed by atoms with Gasteiger partial charge in [0.25, 0.3) is 10.0 Å². The lowest BCUT2D eigenvalue weighted by Crippen LogP contribution is -2.41. The van der Waals surface area contributed by atoms with E-state index in [4.69, 9.17) is 23.2 Å². The van der Waals surface area contributed by atoms with E-state index in [9.17, 15) is 13.2 Å². The van der Waals surface area contributed by atoms with E-state index in [1.807, 2.05) is 6.92 Å². The lowest BCUT2D eigenvalue weighted by atomic mass is 10.2. The molecule has 0 aliphatic carbocycles. The zero-order chi connectivity index (χ0) is 23.8. The highest BCUT2D eigenvalue weighted by molar-refractivity contribution is 7.98. The number of hydrogen-bond donors (Lipinski definition) is 1. The van der Waals surface area contributed by atoms with E-state index in [0.29, 0.717) is 33.8 Å². The van der Waals surface area contributed by atoms with Crippen molar-refractivity contribution in [3.63, 3.8) is 0 Å². The monoisotopic (exact) mass is 522 g/mol. The topological polar surface area (TPSA) is 66.5 Å². The van der Waals surface area contributed by atoms with E-state index >= 15 is 0 Å². The van der Waals surface area contributed by atoms with Crippen LogP contribution in [0.3, 0.4) is 0 Å². The number of sulfonamides is 1. The number of carbonyl (C=O) groups is 1. The van der Waals surface area contributed by atoms with Gasteiger partial charge in [0.2, 0.25) is 5.91 Å². The molecule has 3 aromatic rings. The minimum absolute atomic E-state index is 0.136. The lowest BCUT2D eigenvalue weighted by molar-refractivity contribution is -0.119. The Hall–Kier alpha value is -2.19. The van der Waals surface area contributed by atoms with Gasteiger partial charge in [-0.2, -0.15) is 11.8 Å². The predicted molar refractivity (Wildman–Crippen MR) is 138 cm³/mol. The van der Waals surface area contributed by atoms with Crippen molar-refractivity contribution in [3.05, 3.63) is 94.0 Å². The molecule has 0 fully saturated rings. The number of benzene rings is 3. The van der Waals surface area contributed by atoms with Gasteiger partial charge in [0.05, 0.1) is 10.6 Å². The summed E-state index contributed by atoms with van der Waals surface area (Å²) in [7, 11) is -3.91. The third-order valence-corrected chi connectivity index (χ3v) is 8.30. The molecule has 0 radical (unpaired) electrons. The molecule has 1 N–H and O–H groups in total. The Morgan fingerprint density at radius 1 is 0.939 bits per heavy atom. The smallest absolute Gasteiger partial charge is 0.264 e. The SMILES string of the molecule is Cc1ccc(S(=O)(=O)N(CC(=O)NCCSCc2c(Cl)cccc2Cl)c2ccccc2)cc1. The second-order valence-corrected chi connectivity index (χ2v) is 11.0. The van der Waals surface area contributed by atoms with Crippen molar-refractivity contribution < 1.29 is 13.2 Å². The molecule has 1 amide bonds. The molecule has 0 spiro atoms. The van der Waals surface area contributed by atoms with Gasteiger partial charge in [0.15, 0.2) is 0 Å². The van der Waals surface area contributed by atoms with Crippen molar-refractivity contribution in [2.75, 3.05) is 23.1 Å². The average Bonchev–Trinajstić information content (AvgIpc) is 2.79. The molecule has 3 rings (SSSR count). The third kappa shape index (κ3) is 6.90. The van der Waals surface area contributed by atoms with E-state index in [-0.39, 0.29) is 17.3 Å². The maximum absolute atomic E-state index is 13.3. The molecule has 0 atom stereocenters. The summed E-state index contributed by atoms with van der Waals surface area (Å²) in [5.41, 5.74) is 2.24. The van der Waals surface area contributed by atoms with Gasteiger partial charge in [-0.05, 0) is 48.9 Å². The van der Waals surface area contributed by atoms with E-state index in [1.165, 1.54) is 0 Å². The number of halogens is 2. The van der Waals surface area contributed by atoms with Gasteiger partial charge in [-0.1, -0.05) is 65.2 Å². The van der Waals surface area contributed by atoms with Crippen LogP contribution in [0.15, 0.2) is 77.7 Å². The highest BCUT2D eigenvalue weighted by Crippen LogP contribution is 2.28.